The van der Waals surface area contributed by atoms with Gasteiger partial charge >= 0.3 is 0 Å². The number of fused-ring (bicyclic) bond motifs is 2. The summed E-state index contributed by atoms with van der Waals surface area (Å²) in [5.74, 6) is 0. The molecule has 2 bridgehead atoms. The lowest BCUT2D eigenvalue weighted by molar-refractivity contribution is 0.138. The van der Waals surface area contributed by atoms with E-state index in [9.17, 15) is 0 Å². The standard InChI is InChI=1S/C16H31N3/c1-17-12-16(8-3-4-9-16)13-19-10-7-14-5-6-15(11-19)18(14)2/h14-15,17H,3-13H2,1-2H3. The van der Waals surface area contributed by atoms with Crippen molar-refractivity contribution < 1.29 is 0 Å². The third-order valence-electron chi connectivity index (χ3n) is 6.01. The fourth-order valence-corrected chi connectivity index (χ4v) is 4.89. The molecule has 2 heterocycles. The number of hydrogen-bond acceptors (Lipinski definition) is 3. The van der Waals surface area contributed by atoms with Crippen LogP contribution in [-0.2, 0) is 0 Å². The Bertz CT molecular complexity index is 298. The molecule has 1 aliphatic carbocycles. The molecule has 3 fully saturated rings. The summed E-state index contributed by atoms with van der Waals surface area (Å²) in [6.45, 7) is 5.20. The molecule has 0 aromatic carbocycles. The van der Waals surface area contributed by atoms with Gasteiger partial charge in [0.2, 0.25) is 0 Å². The second-order valence-corrected chi connectivity index (χ2v) is 7.31. The van der Waals surface area contributed by atoms with Crippen molar-refractivity contribution in [1.29, 1.82) is 0 Å². The summed E-state index contributed by atoms with van der Waals surface area (Å²) in [4.78, 5) is 5.46. The summed E-state index contributed by atoms with van der Waals surface area (Å²) in [6.07, 6.45) is 10.0. The van der Waals surface area contributed by atoms with Crippen LogP contribution in [0.15, 0.2) is 0 Å². The van der Waals surface area contributed by atoms with E-state index in [4.69, 9.17) is 0 Å². The summed E-state index contributed by atoms with van der Waals surface area (Å²) in [7, 11) is 4.48. The molecule has 2 aliphatic heterocycles. The topological polar surface area (TPSA) is 18.5 Å². The molecule has 2 atom stereocenters. The van der Waals surface area contributed by atoms with Crippen LogP contribution in [0.2, 0.25) is 0 Å². The molecule has 110 valence electrons. The molecule has 3 rings (SSSR count). The van der Waals surface area contributed by atoms with Gasteiger partial charge in [0.25, 0.3) is 0 Å². The Balaban J connectivity index is 1.63. The second-order valence-electron chi connectivity index (χ2n) is 7.31. The van der Waals surface area contributed by atoms with Gasteiger partial charge in [-0.1, -0.05) is 12.8 Å². The lowest BCUT2D eigenvalue weighted by atomic mass is 9.85. The maximum Gasteiger partial charge on any atom is 0.0223 e. The van der Waals surface area contributed by atoms with Crippen LogP contribution in [0.25, 0.3) is 0 Å². The van der Waals surface area contributed by atoms with E-state index in [1.54, 1.807) is 0 Å². The Labute approximate surface area is 118 Å². The largest absolute Gasteiger partial charge is 0.319 e. The van der Waals surface area contributed by atoms with Crippen molar-refractivity contribution in [3.05, 3.63) is 0 Å². The molecular formula is C16H31N3. The van der Waals surface area contributed by atoms with E-state index in [1.807, 2.05) is 0 Å². The molecule has 0 aromatic rings. The van der Waals surface area contributed by atoms with E-state index in [1.165, 1.54) is 71.1 Å². The highest BCUT2D eigenvalue weighted by Crippen LogP contribution is 2.39. The van der Waals surface area contributed by atoms with Crippen LogP contribution in [0.3, 0.4) is 0 Å². The highest BCUT2D eigenvalue weighted by molar-refractivity contribution is 4.95. The van der Waals surface area contributed by atoms with Gasteiger partial charge < -0.3 is 10.2 Å². The molecule has 1 saturated carbocycles. The van der Waals surface area contributed by atoms with Gasteiger partial charge in [0.1, 0.15) is 0 Å². The summed E-state index contributed by atoms with van der Waals surface area (Å²) in [5.41, 5.74) is 0.580. The lowest BCUT2D eigenvalue weighted by Crippen LogP contribution is -2.45. The molecule has 19 heavy (non-hydrogen) atoms. The minimum atomic E-state index is 0.580. The molecule has 0 aromatic heterocycles. The number of hydrogen-bond donors (Lipinski definition) is 1. The average molecular weight is 265 g/mol. The zero-order valence-corrected chi connectivity index (χ0v) is 12.8. The molecule has 1 N–H and O–H groups in total. The summed E-state index contributed by atoms with van der Waals surface area (Å²) in [6, 6.07) is 1.71. The van der Waals surface area contributed by atoms with Crippen LogP contribution in [0, 0.1) is 5.41 Å². The first-order valence-corrected chi connectivity index (χ1v) is 8.31. The van der Waals surface area contributed by atoms with Gasteiger partial charge in [0, 0.05) is 31.7 Å². The van der Waals surface area contributed by atoms with Crippen molar-refractivity contribution in [3.63, 3.8) is 0 Å². The van der Waals surface area contributed by atoms with Crippen LogP contribution >= 0.6 is 0 Å². The van der Waals surface area contributed by atoms with Crippen LogP contribution < -0.4 is 5.32 Å². The first-order valence-electron chi connectivity index (χ1n) is 8.31. The van der Waals surface area contributed by atoms with Crippen molar-refractivity contribution in [2.75, 3.05) is 40.3 Å². The number of rotatable bonds is 4. The number of nitrogens with zero attached hydrogens (tertiary/aromatic N) is 2. The molecular weight excluding hydrogens is 234 g/mol. The Morgan fingerprint density at radius 3 is 2.58 bits per heavy atom. The highest BCUT2D eigenvalue weighted by Gasteiger charge is 2.39. The zero-order chi connectivity index (χ0) is 13.3. The van der Waals surface area contributed by atoms with Gasteiger partial charge in [-0.25, -0.2) is 0 Å². The zero-order valence-electron chi connectivity index (χ0n) is 12.8. The Hall–Kier alpha value is -0.120. The normalized spacial score (nSPS) is 35.7. The minimum absolute atomic E-state index is 0.580. The van der Waals surface area contributed by atoms with Crippen LogP contribution in [0.4, 0.5) is 0 Å². The maximum atomic E-state index is 3.46. The number of likely N-dealkylation sites (tertiary alicyclic amines) is 1. The quantitative estimate of drug-likeness (QED) is 0.838. The fourth-order valence-electron chi connectivity index (χ4n) is 4.89. The van der Waals surface area contributed by atoms with Gasteiger partial charge in [0.05, 0.1) is 0 Å². The van der Waals surface area contributed by atoms with Crippen molar-refractivity contribution in [3.8, 4) is 0 Å². The van der Waals surface area contributed by atoms with Crippen LogP contribution in [0.1, 0.15) is 44.9 Å². The van der Waals surface area contributed by atoms with E-state index < -0.39 is 0 Å². The third kappa shape index (κ3) is 2.84. The molecule has 2 unspecified atom stereocenters. The fraction of sp³-hybridized carbons (Fsp3) is 1.00. The number of nitrogens with one attached hydrogen (secondary N) is 1. The summed E-state index contributed by atoms with van der Waals surface area (Å²) in [5, 5.41) is 3.46. The Morgan fingerprint density at radius 2 is 1.84 bits per heavy atom. The smallest absolute Gasteiger partial charge is 0.0223 e. The van der Waals surface area contributed by atoms with Gasteiger partial charge in [-0.2, -0.15) is 0 Å². The van der Waals surface area contributed by atoms with Gasteiger partial charge in [-0.3, -0.25) is 4.90 Å². The SMILES string of the molecule is CNCC1(CN2CCC3CCC(C2)N3C)CCCC1. The summed E-state index contributed by atoms with van der Waals surface area (Å²) < 4.78 is 0. The molecule has 0 radical (unpaired) electrons. The predicted molar refractivity (Wildman–Crippen MR) is 80.5 cm³/mol. The summed E-state index contributed by atoms with van der Waals surface area (Å²) >= 11 is 0. The van der Waals surface area contributed by atoms with Crippen molar-refractivity contribution in [2.24, 2.45) is 5.41 Å². The highest BCUT2D eigenvalue weighted by atomic mass is 15.3. The predicted octanol–water partition coefficient (Wildman–Crippen LogP) is 1.93. The van der Waals surface area contributed by atoms with E-state index in [-0.39, 0.29) is 0 Å². The average Bonchev–Trinajstić information content (AvgIpc) is 2.91. The van der Waals surface area contributed by atoms with Crippen molar-refractivity contribution in [1.82, 2.24) is 15.1 Å². The van der Waals surface area contributed by atoms with Gasteiger partial charge in [-0.15, -0.1) is 0 Å². The molecule has 0 spiro atoms. The maximum absolute atomic E-state index is 3.46. The Kier molecular flexibility index (Phi) is 4.16. The molecule has 0 amide bonds. The van der Waals surface area contributed by atoms with Gasteiger partial charge in [-0.05, 0) is 58.2 Å². The first kappa shape index (κ1) is 13.8. The van der Waals surface area contributed by atoms with E-state index in [0.29, 0.717) is 5.41 Å². The van der Waals surface area contributed by atoms with Crippen molar-refractivity contribution >= 4 is 0 Å². The van der Waals surface area contributed by atoms with Crippen LogP contribution in [0.5, 0.6) is 0 Å². The Morgan fingerprint density at radius 1 is 1.11 bits per heavy atom. The van der Waals surface area contributed by atoms with Gasteiger partial charge in [0.15, 0.2) is 0 Å². The third-order valence-corrected chi connectivity index (χ3v) is 6.01. The van der Waals surface area contributed by atoms with E-state index in [2.05, 4.69) is 29.2 Å². The number of likely N-dealkylation sites (N-methyl/N-ethyl adjacent to an activating group) is 1. The second kappa shape index (κ2) is 5.71. The van der Waals surface area contributed by atoms with E-state index in [0.717, 1.165) is 12.1 Å². The van der Waals surface area contributed by atoms with E-state index >= 15 is 0 Å². The first-order chi connectivity index (χ1) is 9.22. The molecule has 2 saturated heterocycles. The van der Waals surface area contributed by atoms with Crippen LogP contribution in [-0.4, -0.2) is 62.2 Å². The molecule has 3 aliphatic rings. The van der Waals surface area contributed by atoms with Crippen molar-refractivity contribution in [2.45, 2.75) is 57.0 Å². The minimum Gasteiger partial charge on any atom is -0.319 e. The molecule has 3 heteroatoms. The molecule has 3 nitrogen and oxygen atoms in total. The monoisotopic (exact) mass is 265 g/mol. The lowest BCUT2D eigenvalue weighted by Gasteiger charge is -2.36.